The molecule has 7 heteroatoms. The van der Waals surface area contributed by atoms with Gasteiger partial charge < -0.3 is 24.7 Å². The van der Waals surface area contributed by atoms with Crippen LogP contribution in [-0.2, 0) is 19.1 Å². The predicted octanol–water partition coefficient (Wildman–Crippen LogP) is 0.511. The zero-order valence-corrected chi connectivity index (χ0v) is 13.6. The molecule has 1 amide bonds. The summed E-state index contributed by atoms with van der Waals surface area (Å²) in [6.45, 7) is 2.25. The van der Waals surface area contributed by atoms with Crippen LogP contribution in [0.4, 0.5) is 5.69 Å². The molecule has 132 valence electrons. The van der Waals surface area contributed by atoms with Crippen LogP contribution < -0.4 is 10.4 Å². The summed E-state index contributed by atoms with van der Waals surface area (Å²) in [7, 11) is 0. The molecule has 0 aromatic heterocycles. The van der Waals surface area contributed by atoms with E-state index in [-0.39, 0.29) is 0 Å². The topological polar surface area (TPSA) is 105 Å². The van der Waals surface area contributed by atoms with Crippen LogP contribution in [0.5, 0.6) is 0 Å². The number of hydrogen-bond donors (Lipinski definition) is 1. The lowest BCUT2D eigenvalue weighted by Gasteiger charge is -2.24. The summed E-state index contributed by atoms with van der Waals surface area (Å²) in [6.07, 6.45) is 2.89. The molecule has 0 radical (unpaired) electrons. The van der Waals surface area contributed by atoms with E-state index >= 15 is 0 Å². The third-order valence-electron chi connectivity index (χ3n) is 4.30. The van der Waals surface area contributed by atoms with Crippen LogP contribution in [0.3, 0.4) is 0 Å². The van der Waals surface area contributed by atoms with Gasteiger partial charge in [-0.2, -0.15) is 0 Å². The molecule has 3 rings (SSSR count). The molecule has 25 heavy (non-hydrogen) atoms. The minimum atomic E-state index is -1.30. The minimum absolute atomic E-state index is 0.347. The van der Waals surface area contributed by atoms with E-state index < -0.39 is 41.9 Å². The van der Waals surface area contributed by atoms with Crippen molar-refractivity contribution in [2.45, 2.75) is 25.6 Å². The Kier molecular flexibility index (Phi) is 4.85. The van der Waals surface area contributed by atoms with Crippen LogP contribution in [0.25, 0.3) is 0 Å². The van der Waals surface area contributed by atoms with Gasteiger partial charge in [-0.25, -0.2) is 4.79 Å². The number of hydrogen-bond acceptors (Lipinski definition) is 6. The first-order chi connectivity index (χ1) is 12.0. The van der Waals surface area contributed by atoms with Gasteiger partial charge in [0.25, 0.3) is 0 Å². The van der Waals surface area contributed by atoms with Gasteiger partial charge in [0.15, 0.2) is 0 Å². The van der Waals surface area contributed by atoms with Crippen molar-refractivity contribution in [3.8, 4) is 0 Å². The van der Waals surface area contributed by atoms with E-state index in [4.69, 9.17) is 9.47 Å². The summed E-state index contributed by atoms with van der Waals surface area (Å²) >= 11 is 0. The van der Waals surface area contributed by atoms with Crippen LogP contribution in [0.15, 0.2) is 36.4 Å². The monoisotopic (exact) mass is 344 g/mol. The molecule has 0 saturated carbocycles. The molecule has 0 unspecified atom stereocenters. The smallest absolute Gasteiger partial charge is 0.338 e. The van der Waals surface area contributed by atoms with E-state index in [9.17, 15) is 19.5 Å². The molecule has 4 atom stereocenters. The van der Waals surface area contributed by atoms with Gasteiger partial charge in [0.05, 0.1) is 30.3 Å². The average Bonchev–Trinajstić information content (AvgIpc) is 3.21. The lowest BCUT2D eigenvalue weighted by molar-refractivity contribution is -0.313. The van der Waals surface area contributed by atoms with Gasteiger partial charge in [0.1, 0.15) is 0 Å². The highest BCUT2D eigenvalue weighted by Gasteiger charge is 2.50. The van der Waals surface area contributed by atoms with Gasteiger partial charge in [-0.05, 0) is 30.7 Å². The summed E-state index contributed by atoms with van der Waals surface area (Å²) in [5.74, 6) is -4.02. The highest BCUT2D eigenvalue weighted by molar-refractivity contribution is 5.97. The lowest BCUT2D eigenvalue weighted by Crippen LogP contribution is -2.45. The van der Waals surface area contributed by atoms with Gasteiger partial charge in [0, 0.05) is 17.6 Å². The zero-order chi connectivity index (χ0) is 18.0. The Morgan fingerprint density at radius 2 is 1.76 bits per heavy atom. The number of carboxylic acids is 1. The second kappa shape index (κ2) is 7.06. The van der Waals surface area contributed by atoms with Gasteiger partial charge >= 0.3 is 5.97 Å². The van der Waals surface area contributed by atoms with Crippen molar-refractivity contribution in [2.24, 2.45) is 11.8 Å². The number of benzene rings is 1. The zero-order valence-electron chi connectivity index (χ0n) is 13.6. The van der Waals surface area contributed by atoms with Gasteiger partial charge in [-0.3, -0.25) is 4.79 Å². The SMILES string of the molecule is CCCOC(=O)c1ccc(NC(=O)[C@H]2[C@@H](C(=O)[O-])[C@@H]3C=C[C@H]2O3)cc1. The number of anilines is 1. The number of esters is 1. The molecule has 1 fully saturated rings. The third kappa shape index (κ3) is 3.41. The first-order valence-electron chi connectivity index (χ1n) is 8.14. The summed E-state index contributed by atoms with van der Waals surface area (Å²) in [5.41, 5.74) is 0.839. The largest absolute Gasteiger partial charge is 0.550 e. The van der Waals surface area contributed by atoms with Crippen molar-refractivity contribution in [3.05, 3.63) is 42.0 Å². The molecule has 2 bridgehead atoms. The Balaban J connectivity index is 1.66. The predicted molar refractivity (Wildman–Crippen MR) is 85.4 cm³/mol. The summed E-state index contributed by atoms with van der Waals surface area (Å²) in [5, 5.41) is 14.0. The minimum Gasteiger partial charge on any atom is -0.550 e. The van der Waals surface area contributed by atoms with Crippen molar-refractivity contribution in [2.75, 3.05) is 11.9 Å². The number of fused-ring (bicyclic) bond motifs is 2. The third-order valence-corrected chi connectivity index (χ3v) is 4.30. The van der Waals surface area contributed by atoms with Crippen LogP contribution in [0.2, 0.25) is 0 Å². The summed E-state index contributed by atoms with van der Waals surface area (Å²) in [4.78, 5) is 35.5. The van der Waals surface area contributed by atoms with Crippen LogP contribution in [-0.4, -0.2) is 36.7 Å². The second-order valence-electron chi connectivity index (χ2n) is 6.02. The van der Waals surface area contributed by atoms with Crippen molar-refractivity contribution < 1.29 is 29.0 Å². The molecular weight excluding hydrogens is 326 g/mol. The fourth-order valence-electron chi connectivity index (χ4n) is 3.09. The number of amides is 1. The highest BCUT2D eigenvalue weighted by atomic mass is 16.5. The molecule has 2 heterocycles. The number of rotatable bonds is 6. The van der Waals surface area contributed by atoms with E-state index in [0.29, 0.717) is 17.9 Å². The fraction of sp³-hybridized carbons (Fsp3) is 0.389. The first-order valence-corrected chi connectivity index (χ1v) is 8.14. The Hall–Kier alpha value is -2.67. The van der Waals surface area contributed by atoms with Crippen LogP contribution in [0, 0.1) is 11.8 Å². The standard InChI is InChI=1S/C18H19NO6/c1-2-9-24-18(23)10-3-5-11(6-4-10)19-16(20)14-12-7-8-13(25-12)15(14)17(21)22/h3-8,12-15H,2,9H2,1H3,(H,19,20)(H,21,22)/p-1/t12-,13+,14-,15+/m1/s1. The quantitative estimate of drug-likeness (QED) is 0.595. The van der Waals surface area contributed by atoms with Gasteiger partial charge in [-0.1, -0.05) is 19.1 Å². The summed E-state index contributed by atoms with van der Waals surface area (Å²) in [6, 6.07) is 6.22. The highest BCUT2D eigenvalue weighted by Crippen LogP contribution is 2.39. The van der Waals surface area contributed by atoms with Crippen molar-refractivity contribution in [3.63, 3.8) is 0 Å². The normalized spacial score (nSPS) is 26.4. The van der Waals surface area contributed by atoms with Gasteiger partial charge in [0.2, 0.25) is 5.91 Å². The van der Waals surface area contributed by atoms with Crippen LogP contribution >= 0.6 is 0 Å². The Morgan fingerprint density at radius 3 is 2.36 bits per heavy atom. The molecule has 2 aliphatic heterocycles. The molecule has 1 aromatic carbocycles. The van der Waals surface area contributed by atoms with E-state index in [1.165, 1.54) is 0 Å². The number of carboxylic acid groups (broad SMARTS) is 1. The molecule has 0 spiro atoms. The Bertz CT molecular complexity index is 711. The maximum atomic E-state index is 12.5. The molecular formula is C18H18NO6-. The maximum Gasteiger partial charge on any atom is 0.338 e. The van der Waals surface area contributed by atoms with E-state index in [1.807, 2.05) is 6.92 Å². The van der Waals surface area contributed by atoms with Crippen molar-refractivity contribution >= 4 is 23.5 Å². The van der Waals surface area contributed by atoms with E-state index in [1.54, 1.807) is 36.4 Å². The van der Waals surface area contributed by atoms with E-state index in [0.717, 1.165) is 6.42 Å². The van der Waals surface area contributed by atoms with Gasteiger partial charge in [-0.15, -0.1) is 0 Å². The number of carbonyl (C=O) groups is 3. The molecule has 1 aromatic rings. The molecule has 2 aliphatic rings. The number of ether oxygens (including phenoxy) is 2. The number of nitrogens with one attached hydrogen (secondary N) is 1. The molecule has 7 nitrogen and oxygen atoms in total. The fourth-order valence-corrected chi connectivity index (χ4v) is 3.09. The second-order valence-corrected chi connectivity index (χ2v) is 6.02. The number of carbonyl (C=O) groups excluding carboxylic acids is 3. The van der Waals surface area contributed by atoms with Crippen molar-refractivity contribution in [1.29, 1.82) is 0 Å². The molecule has 1 N–H and O–H groups in total. The average molecular weight is 344 g/mol. The maximum absolute atomic E-state index is 12.5. The first kappa shape index (κ1) is 17.2. The Labute approximate surface area is 144 Å². The van der Waals surface area contributed by atoms with Crippen LogP contribution in [0.1, 0.15) is 23.7 Å². The lowest BCUT2D eigenvalue weighted by atomic mass is 9.82. The molecule has 1 saturated heterocycles. The number of aliphatic carboxylic acids is 1. The van der Waals surface area contributed by atoms with Crippen molar-refractivity contribution in [1.82, 2.24) is 0 Å². The van der Waals surface area contributed by atoms with E-state index in [2.05, 4.69) is 5.32 Å². The molecule has 0 aliphatic carbocycles. The summed E-state index contributed by atoms with van der Waals surface area (Å²) < 4.78 is 10.5. The Morgan fingerprint density at radius 1 is 1.12 bits per heavy atom.